The first kappa shape index (κ1) is 15.5. The Balaban J connectivity index is 0.000000149. The second-order valence-electron chi connectivity index (χ2n) is 5.88. The van der Waals surface area contributed by atoms with Gasteiger partial charge < -0.3 is 9.47 Å². The van der Waals surface area contributed by atoms with E-state index in [1.54, 1.807) is 5.56 Å². The molecule has 0 spiro atoms. The third-order valence-electron chi connectivity index (χ3n) is 4.27. The van der Waals surface area contributed by atoms with Crippen molar-refractivity contribution in [1.82, 2.24) is 0 Å². The average Bonchev–Trinajstić information content (AvgIpc) is 2.44. The van der Waals surface area contributed by atoms with Gasteiger partial charge in [-0.15, -0.1) is 0 Å². The zero-order valence-corrected chi connectivity index (χ0v) is 13.2. The summed E-state index contributed by atoms with van der Waals surface area (Å²) in [7, 11) is 0. The molecular formula is C18H28O2. The molecule has 1 aliphatic heterocycles. The SMILES string of the molecule is CCCCC1COCOC1C.CCCc1cc2ccc1=2. The Bertz CT molecular complexity index is 495. The summed E-state index contributed by atoms with van der Waals surface area (Å²) >= 11 is 0. The third-order valence-corrected chi connectivity index (χ3v) is 4.27. The van der Waals surface area contributed by atoms with Crippen molar-refractivity contribution in [1.29, 1.82) is 0 Å². The van der Waals surface area contributed by atoms with Gasteiger partial charge in [0.05, 0.1) is 12.7 Å². The van der Waals surface area contributed by atoms with E-state index >= 15 is 0 Å². The fourth-order valence-electron chi connectivity index (χ4n) is 2.76. The van der Waals surface area contributed by atoms with Crippen LogP contribution in [-0.4, -0.2) is 19.5 Å². The maximum atomic E-state index is 5.37. The molecule has 2 atom stereocenters. The highest BCUT2D eigenvalue weighted by Gasteiger charge is 2.21. The molecule has 0 N–H and O–H groups in total. The average molecular weight is 276 g/mol. The van der Waals surface area contributed by atoms with E-state index in [0.29, 0.717) is 18.8 Å². The van der Waals surface area contributed by atoms with Crippen molar-refractivity contribution in [3.63, 3.8) is 0 Å². The molecule has 2 aliphatic carbocycles. The number of hydrogen-bond donors (Lipinski definition) is 0. The summed E-state index contributed by atoms with van der Waals surface area (Å²) in [6, 6.07) is 6.67. The third kappa shape index (κ3) is 3.83. The van der Waals surface area contributed by atoms with Crippen molar-refractivity contribution in [3.8, 4) is 0 Å². The highest BCUT2D eigenvalue weighted by atomic mass is 16.7. The van der Waals surface area contributed by atoms with Gasteiger partial charge >= 0.3 is 0 Å². The van der Waals surface area contributed by atoms with Gasteiger partial charge in [-0.1, -0.05) is 51.3 Å². The van der Waals surface area contributed by atoms with Crippen molar-refractivity contribution in [2.24, 2.45) is 5.92 Å². The minimum absolute atomic E-state index is 0.398. The molecule has 0 radical (unpaired) electrons. The Hall–Kier alpha value is -0.860. The van der Waals surface area contributed by atoms with Crippen molar-refractivity contribution in [3.05, 3.63) is 34.2 Å². The van der Waals surface area contributed by atoms with Crippen LogP contribution in [0.15, 0.2) is 18.2 Å². The van der Waals surface area contributed by atoms with Crippen molar-refractivity contribution >= 4 is 0 Å². The van der Waals surface area contributed by atoms with E-state index in [9.17, 15) is 0 Å². The molecule has 2 nitrogen and oxygen atoms in total. The molecule has 3 aliphatic rings. The van der Waals surface area contributed by atoms with Crippen LogP contribution in [0.4, 0.5) is 0 Å². The van der Waals surface area contributed by atoms with E-state index in [-0.39, 0.29) is 0 Å². The van der Waals surface area contributed by atoms with Gasteiger partial charge in [-0.3, -0.25) is 0 Å². The lowest BCUT2D eigenvalue weighted by Crippen LogP contribution is -2.31. The molecule has 1 saturated heterocycles. The first-order valence-electron chi connectivity index (χ1n) is 8.08. The first-order chi connectivity index (χ1) is 9.76. The molecule has 0 bridgehead atoms. The Labute approximate surface area is 122 Å². The second kappa shape index (κ2) is 7.80. The highest BCUT2D eigenvalue weighted by molar-refractivity contribution is 5.33. The molecule has 2 heteroatoms. The molecule has 0 amide bonds. The van der Waals surface area contributed by atoms with Gasteiger partial charge in [-0.2, -0.15) is 0 Å². The lowest BCUT2D eigenvalue weighted by Gasteiger charge is -2.28. The van der Waals surface area contributed by atoms with Gasteiger partial charge in [-0.05, 0) is 35.8 Å². The second-order valence-corrected chi connectivity index (χ2v) is 5.88. The lowest BCUT2D eigenvalue weighted by atomic mass is 9.96. The van der Waals surface area contributed by atoms with Crippen LogP contribution in [-0.2, 0) is 15.9 Å². The number of ether oxygens (including phenoxy) is 2. The summed E-state index contributed by atoms with van der Waals surface area (Å²) in [6.45, 7) is 7.96. The standard InChI is InChI=1S/C9H18O2.C9H10/c1-3-4-5-9-6-10-7-11-8(9)2;1-2-3-7-6-8-4-5-9(7)8/h8-9H,3-7H2,1-2H3;4-6H,2-3H2,1H3. The van der Waals surface area contributed by atoms with Crippen LogP contribution in [0.3, 0.4) is 0 Å². The zero-order chi connectivity index (χ0) is 14.4. The zero-order valence-electron chi connectivity index (χ0n) is 13.2. The molecule has 0 saturated carbocycles. The van der Waals surface area contributed by atoms with Gasteiger partial charge in [0.15, 0.2) is 0 Å². The predicted molar refractivity (Wildman–Crippen MR) is 82.5 cm³/mol. The molecule has 0 aromatic heterocycles. The van der Waals surface area contributed by atoms with Gasteiger partial charge in [0.1, 0.15) is 6.79 Å². The molecule has 0 aromatic rings. The van der Waals surface area contributed by atoms with Gasteiger partial charge in [0.2, 0.25) is 0 Å². The number of benzene rings is 1. The van der Waals surface area contributed by atoms with Crippen LogP contribution in [0.2, 0.25) is 0 Å². The topological polar surface area (TPSA) is 18.5 Å². The summed E-state index contributed by atoms with van der Waals surface area (Å²) in [5.74, 6) is 0.628. The van der Waals surface area contributed by atoms with E-state index in [1.165, 1.54) is 42.5 Å². The van der Waals surface area contributed by atoms with Gasteiger partial charge in [-0.25, -0.2) is 0 Å². The van der Waals surface area contributed by atoms with Crippen LogP contribution < -0.4 is 0 Å². The van der Waals surface area contributed by atoms with Crippen LogP contribution in [0.5, 0.6) is 0 Å². The Kier molecular flexibility index (Phi) is 6.06. The van der Waals surface area contributed by atoms with Crippen molar-refractivity contribution in [2.45, 2.75) is 59.0 Å². The van der Waals surface area contributed by atoms with E-state index in [1.807, 2.05) is 0 Å². The van der Waals surface area contributed by atoms with E-state index < -0.39 is 0 Å². The minimum atomic E-state index is 0.398. The smallest absolute Gasteiger partial charge is 0.147 e. The fraction of sp³-hybridized carbons (Fsp3) is 0.667. The predicted octanol–water partition coefficient (Wildman–Crippen LogP) is 4.43. The number of hydrogen-bond acceptors (Lipinski definition) is 2. The quantitative estimate of drug-likeness (QED) is 0.804. The highest BCUT2D eigenvalue weighted by Crippen LogP contribution is 2.19. The van der Waals surface area contributed by atoms with Gasteiger partial charge in [0, 0.05) is 5.92 Å². The Morgan fingerprint density at radius 3 is 2.55 bits per heavy atom. The van der Waals surface area contributed by atoms with E-state index in [2.05, 4.69) is 39.0 Å². The summed E-state index contributed by atoms with van der Waals surface area (Å²) < 4.78 is 10.6. The number of aryl methyl sites for hydroxylation is 1. The van der Waals surface area contributed by atoms with Crippen molar-refractivity contribution < 1.29 is 9.47 Å². The summed E-state index contributed by atoms with van der Waals surface area (Å²) in [6.07, 6.45) is 6.75. The van der Waals surface area contributed by atoms with E-state index in [4.69, 9.17) is 9.47 Å². The van der Waals surface area contributed by atoms with Gasteiger partial charge in [0.25, 0.3) is 0 Å². The Morgan fingerprint density at radius 2 is 2.05 bits per heavy atom. The Morgan fingerprint density at radius 1 is 1.20 bits per heavy atom. The molecule has 1 fully saturated rings. The maximum Gasteiger partial charge on any atom is 0.147 e. The molecule has 112 valence electrons. The minimum Gasteiger partial charge on any atom is -0.355 e. The monoisotopic (exact) mass is 276 g/mol. The molecule has 2 unspecified atom stereocenters. The normalized spacial score (nSPS) is 22.9. The van der Waals surface area contributed by atoms with Crippen LogP contribution in [0, 0.1) is 16.4 Å². The van der Waals surface area contributed by atoms with Crippen LogP contribution in [0.1, 0.15) is 52.0 Å². The summed E-state index contributed by atoms with van der Waals surface area (Å²) in [4.78, 5) is 0. The fourth-order valence-corrected chi connectivity index (χ4v) is 2.76. The van der Waals surface area contributed by atoms with Crippen LogP contribution >= 0.6 is 0 Å². The lowest BCUT2D eigenvalue weighted by molar-refractivity contribution is -0.165. The summed E-state index contributed by atoms with van der Waals surface area (Å²) in [5.41, 5.74) is 1.56. The number of unbranched alkanes of at least 4 members (excludes halogenated alkanes) is 1. The molecule has 1 heterocycles. The molecule has 3 rings (SSSR count). The summed E-state index contributed by atoms with van der Waals surface area (Å²) in [5, 5.41) is 3.00. The van der Waals surface area contributed by atoms with Crippen molar-refractivity contribution in [2.75, 3.05) is 13.4 Å². The first-order valence-corrected chi connectivity index (χ1v) is 8.08. The number of rotatable bonds is 5. The van der Waals surface area contributed by atoms with E-state index in [0.717, 1.165) is 6.61 Å². The maximum absolute atomic E-state index is 5.37. The largest absolute Gasteiger partial charge is 0.355 e. The molecule has 0 aromatic carbocycles. The van der Waals surface area contributed by atoms with Crippen LogP contribution in [0.25, 0.3) is 0 Å². The molecular weight excluding hydrogens is 248 g/mol. The molecule has 20 heavy (non-hydrogen) atoms.